The topological polar surface area (TPSA) is 56.7 Å². The molecule has 5 nitrogen and oxygen atoms in total. The Hall–Kier alpha value is -0.530. The van der Waals surface area contributed by atoms with Gasteiger partial charge in [-0.2, -0.15) is 0 Å². The van der Waals surface area contributed by atoms with E-state index in [9.17, 15) is 4.79 Å². The number of aliphatic imine (C=N–C) groups is 1. The number of halogens is 1. The van der Waals surface area contributed by atoms with Gasteiger partial charge in [-0.15, -0.1) is 24.0 Å². The lowest BCUT2D eigenvalue weighted by molar-refractivity contribution is -0.122. The van der Waals surface area contributed by atoms with E-state index in [1.807, 2.05) is 32.7 Å². The van der Waals surface area contributed by atoms with Crippen LogP contribution in [0.4, 0.5) is 0 Å². The van der Waals surface area contributed by atoms with Gasteiger partial charge in [0.2, 0.25) is 5.91 Å². The molecule has 1 saturated carbocycles. The second kappa shape index (κ2) is 7.91. The van der Waals surface area contributed by atoms with Crippen molar-refractivity contribution in [3.8, 4) is 0 Å². The Morgan fingerprint density at radius 3 is 2.32 bits per heavy atom. The number of nitrogens with zero attached hydrogens (tertiary/aromatic N) is 2. The van der Waals surface area contributed by atoms with Gasteiger partial charge in [-0.05, 0) is 40.0 Å². The van der Waals surface area contributed by atoms with E-state index in [-0.39, 0.29) is 35.4 Å². The third-order valence-electron chi connectivity index (χ3n) is 2.91. The van der Waals surface area contributed by atoms with Crippen molar-refractivity contribution in [1.82, 2.24) is 15.5 Å². The van der Waals surface area contributed by atoms with Crippen molar-refractivity contribution in [2.45, 2.75) is 51.6 Å². The van der Waals surface area contributed by atoms with Crippen LogP contribution in [0.3, 0.4) is 0 Å². The highest BCUT2D eigenvalue weighted by Gasteiger charge is 2.21. The summed E-state index contributed by atoms with van der Waals surface area (Å²) in [6.07, 6.45) is 3.67. The average Bonchev–Trinajstić information content (AvgIpc) is 2.12. The predicted octanol–water partition coefficient (Wildman–Crippen LogP) is 1.58. The average molecular weight is 382 g/mol. The maximum absolute atomic E-state index is 11.8. The fraction of sp³-hybridized carbons (Fsp3) is 0.846. The number of nitrogens with one attached hydrogen (secondary N) is 2. The second-order valence-corrected chi connectivity index (χ2v) is 5.97. The maximum Gasteiger partial charge on any atom is 0.240 e. The van der Waals surface area contributed by atoms with Crippen LogP contribution in [-0.4, -0.2) is 49.0 Å². The van der Waals surface area contributed by atoms with Gasteiger partial charge in [0.05, 0.1) is 6.54 Å². The third kappa shape index (κ3) is 6.98. The number of rotatable bonds is 3. The second-order valence-electron chi connectivity index (χ2n) is 5.97. The molecule has 0 aromatic rings. The third-order valence-corrected chi connectivity index (χ3v) is 2.91. The molecule has 0 heterocycles. The van der Waals surface area contributed by atoms with Crippen molar-refractivity contribution in [2.75, 3.05) is 20.6 Å². The first kappa shape index (κ1) is 18.5. The van der Waals surface area contributed by atoms with Crippen LogP contribution in [0, 0.1) is 0 Å². The molecule has 0 spiro atoms. The fourth-order valence-corrected chi connectivity index (χ4v) is 1.83. The molecule has 6 heteroatoms. The van der Waals surface area contributed by atoms with E-state index in [4.69, 9.17) is 0 Å². The van der Waals surface area contributed by atoms with Crippen molar-refractivity contribution in [1.29, 1.82) is 0 Å². The van der Waals surface area contributed by atoms with Crippen LogP contribution in [0.15, 0.2) is 4.99 Å². The van der Waals surface area contributed by atoms with Crippen molar-refractivity contribution in [2.24, 2.45) is 4.99 Å². The predicted molar refractivity (Wildman–Crippen MR) is 90.1 cm³/mol. The van der Waals surface area contributed by atoms with Gasteiger partial charge in [-0.1, -0.05) is 0 Å². The Morgan fingerprint density at radius 2 is 1.95 bits per heavy atom. The summed E-state index contributed by atoms with van der Waals surface area (Å²) >= 11 is 0. The van der Waals surface area contributed by atoms with Gasteiger partial charge in [0.25, 0.3) is 0 Å². The quantitative estimate of drug-likeness (QED) is 0.443. The summed E-state index contributed by atoms with van der Waals surface area (Å²) in [5.74, 6) is 0.810. The van der Waals surface area contributed by atoms with E-state index in [1.165, 1.54) is 19.3 Å². The Morgan fingerprint density at radius 1 is 1.37 bits per heavy atom. The van der Waals surface area contributed by atoms with Crippen molar-refractivity contribution in [3.05, 3.63) is 0 Å². The molecule has 0 unspecified atom stereocenters. The minimum Gasteiger partial charge on any atom is -0.354 e. The molecular formula is C13H27IN4O. The van der Waals surface area contributed by atoms with Crippen LogP contribution in [0.2, 0.25) is 0 Å². The maximum atomic E-state index is 11.8. The minimum atomic E-state index is -0.192. The van der Waals surface area contributed by atoms with Crippen molar-refractivity contribution < 1.29 is 4.79 Å². The smallest absolute Gasteiger partial charge is 0.240 e. The van der Waals surface area contributed by atoms with Gasteiger partial charge in [0.15, 0.2) is 5.96 Å². The largest absolute Gasteiger partial charge is 0.354 e. The van der Waals surface area contributed by atoms with Crippen LogP contribution in [0.25, 0.3) is 0 Å². The highest BCUT2D eigenvalue weighted by Crippen LogP contribution is 2.18. The molecule has 1 rings (SSSR count). The zero-order chi connectivity index (χ0) is 13.8. The van der Waals surface area contributed by atoms with E-state index < -0.39 is 0 Å². The molecule has 0 saturated heterocycles. The highest BCUT2D eigenvalue weighted by atomic mass is 127. The Labute approximate surface area is 133 Å². The van der Waals surface area contributed by atoms with Gasteiger partial charge in [0.1, 0.15) is 0 Å². The van der Waals surface area contributed by atoms with Crippen molar-refractivity contribution in [3.63, 3.8) is 0 Å². The van der Waals surface area contributed by atoms with Gasteiger partial charge in [-0.25, -0.2) is 0 Å². The zero-order valence-electron chi connectivity index (χ0n) is 12.6. The zero-order valence-corrected chi connectivity index (χ0v) is 14.9. The molecule has 1 fully saturated rings. The number of hydrogen-bond acceptors (Lipinski definition) is 2. The monoisotopic (exact) mass is 382 g/mol. The number of likely N-dealkylation sites (N-methyl/N-ethyl adjacent to an activating group) is 1. The van der Waals surface area contributed by atoms with Crippen LogP contribution in [-0.2, 0) is 4.79 Å². The molecule has 1 aliphatic rings. The Kier molecular flexibility index (Phi) is 7.69. The first-order valence-electron chi connectivity index (χ1n) is 6.57. The molecule has 1 aliphatic carbocycles. The van der Waals surface area contributed by atoms with E-state index in [2.05, 4.69) is 15.6 Å². The highest BCUT2D eigenvalue weighted by molar-refractivity contribution is 14.0. The number of carbonyl (C=O) groups excluding carboxylic acids is 1. The van der Waals surface area contributed by atoms with Gasteiger partial charge < -0.3 is 15.5 Å². The minimum absolute atomic E-state index is 0. The lowest BCUT2D eigenvalue weighted by Crippen LogP contribution is -2.51. The van der Waals surface area contributed by atoms with Crippen LogP contribution >= 0.6 is 24.0 Å². The summed E-state index contributed by atoms with van der Waals surface area (Å²) in [5.41, 5.74) is -0.192. The molecule has 19 heavy (non-hydrogen) atoms. The summed E-state index contributed by atoms with van der Waals surface area (Å²) in [4.78, 5) is 17.9. The molecule has 0 aliphatic heterocycles. The number of hydrogen-bond donors (Lipinski definition) is 2. The first-order valence-corrected chi connectivity index (χ1v) is 6.57. The molecule has 0 radical (unpaired) electrons. The van der Waals surface area contributed by atoms with Crippen LogP contribution in [0.1, 0.15) is 40.0 Å². The summed E-state index contributed by atoms with van der Waals surface area (Å²) in [5, 5.41) is 6.31. The van der Waals surface area contributed by atoms with Crippen LogP contribution in [0.5, 0.6) is 0 Å². The van der Waals surface area contributed by atoms with Gasteiger partial charge in [0, 0.05) is 25.7 Å². The van der Waals surface area contributed by atoms with E-state index in [1.54, 1.807) is 7.05 Å². The summed E-state index contributed by atoms with van der Waals surface area (Å²) in [6.45, 7) is 6.26. The summed E-state index contributed by atoms with van der Waals surface area (Å²) in [7, 11) is 3.63. The molecule has 1 amide bonds. The molecule has 112 valence electrons. The SMILES string of the molecule is CN=C(NC1CCC1)N(C)CC(=O)NC(C)(C)C.I. The van der Waals surface area contributed by atoms with Gasteiger partial charge >= 0.3 is 0 Å². The first-order chi connectivity index (χ1) is 8.31. The number of guanidine groups is 1. The molecular weight excluding hydrogens is 355 g/mol. The molecule has 0 bridgehead atoms. The Balaban J connectivity index is 0.00000324. The molecule has 0 atom stereocenters. The van der Waals surface area contributed by atoms with E-state index in [0.29, 0.717) is 12.6 Å². The molecule has 0 aromatic heterocycles. The Bertz CT molecular complexity index is 321. The van der Waals surface area contributed by atoms with Crippen LogP contribution < -0.4 is 10.6 Å². The van der Waals surface area contributed by atoms with Gasteiger partial charge in [-0.3, -0.25) is 9.79 Å². The molecule has 0 aromatic carbocycles. The van der Waals surface area contributed by atoms with Crippen molar-refractivity contribution >= 4 is 35.8 Å². The summed E-state index contributed by atoms with van der Waals surface area (Å²) in [6, 6.07) is 0.525. The molecule has 2 N–H and O–H groups in total. The van der Waals surface area contributed by atoms with E-state index >= 15 is 0 Å². The lowest BCUT2D eigenvalue weighted by atomic mass is 9.93. The fourth-order valence-electron chi connectivity index (χ4n) is 1.83. The summed E-state index contributed by atoms with van der Waals surface area (Å²) < 4.78 is 0. The normalized spacial score (nSPS) is 16.2. The standard InChI is InChI=1S/C13H26N4O.HI/c1-13(2,3)16-11(18)9-17(5)12(14-4)15-10-7-6-8-10;/h10H,6-9H2,1-5H3,(H,14,15)(H,16,18);1H. The lowest BCUT2D eigenvalue weighted by Gasteiger charge is -2.32. The van der Waals surface area contributed by atoms with E-state index in [0.717, 1.165) is 5.96 Å². The number of carbonyl (C=O) groups is 1. The number of amides is 1.